The van der Waals surface area contributed by atoms with Crippen LogP contribution >= 0.6 is 12.6 Å². The second-order valence-electron chi connectivity index (χ2n) is 0.867. The molecular weight excluding hydrogens is 92.1 g/mol. The Balaban J connectivity index is 3.07. The number of hydrogen-bond acceptors (Lipinski definition) is 1. The van der Waals surface area contributed by atoms with Gasteiger partial charge in [-0.1, -0.05) is 18.2 Å². The van der Waals surface area contributed by atoms with Gasteiger partial charge in [-0.15, -0.1) is 0 Å². The maximum Gasteiger partial charge on any atom is -0.0324 e. The molecule has 0 heterocycles. The summed E-state index contributed by atoms with van der Waals surface area (Å²) in [4.78, 5) is 0. The highest BCUT2D eigenvalue weighted by Crippen LogP contribution is 1.77. The smallest absolute Gasteiger partial charge is 0.0324 e. The molecule has 0 N–H and O–H groups in total. The van der Waals surface area contributed by atoms with Crippen LogP contribution in [0.25, 0.3) is 0 Å². The Bertz CT molecular complexity index is 52.3. The van der Waals surface area contributed by atoms with Gasteiger partial charge >= 0.3 is 0 Å². The Morgan fingerprint density at radius 3 is 2.17 bits per heavy atom. The lowest BCUT2D eigenvalue weighted by atomic mass is 10.5. The average molecular weight is 100 g/mol. The zero-order valence-electron chi connectivity index (χ0n) is 3.76. The van der Waals surface area contributed by atoms with Crippen molar-refractivity contribution in [1.82, 2.24) is 0 Å². The van der Waals surface area contributed by atoms with E-state index < -0.39 is 0 Å². The molecule has 0 unspecified atom stereocenters. The molecular formula is C5H8S. The molecule has 6 heavy (non-hydrogen) atoms. The predicted molar refractivity (Wildman–Crippen MR) is 32.9 cm³/mol. The third-order valence-corrected chi connectivity index (χ3v) is 0.562. The molecule has 0 aromatic carbocycles. The SMILES string of the molecule is C/C=C\C=C/S. The summed E-state index contributed by atoms with van der Waals surface area (Å²) in [5, 5.41) is 1.69. The fraction of sp³-hybridized carbons (Fsp3) is 0.200. The lowest BCUT2D eigenvalue weighted by molar-refractivity contribution is 1.74. The average Bonchev–Trinajstić information content (AvgIpc) is 1.61. The fourth-order valence-electron chi connectivity index (χ4n) is 0.161. The molecule has 0 aliphatic rings. The van der Waals surface area contributed by atoms with Crippen molar-refractivity contribution >= 4 is 12.6 Å². The Labute approximate surface area is 44.0 Å². The summed E-state index contributed by atoms with van der Waals surface area (Å²) < 4.78 is 0. The van der Waals surface area contributed by atoms with Crippen LogP contribution in [0.1, 0.15) is 6.92 Å². The first-order valence-corrected chi connectivity index (χ1v) is 2.35. The minimum atomic E-state index is 1.69. The first-order valence-electron chi connectivity index (χ1n) is 1.84. The fourth-order valence-corrected chi connectivity index (χ4v) is 0.260. The normalized spacial score (nSPS) is 11.7. The standard InChI is InChI=1S/C5H8S/c1-2-3-4-5-6/h2-6H,1H3/b3-2-,5-4-. The summed E-state index contributed by atoms with van der Waals surface area (Å²) in [7, 11) is 0. The van der Waals surface area contributed by atoms with Gasteiger partial charge < -0.3 is 0 Å². The largest absolute Gasteiger partial charge is 0.151 e. The molecule has 0 amide bonds. The van der Waals surface area contributed by atoms with Gasteiger partial charge in [-0.3, -0.25) is 0 Å². The topological polar surface area (TPSA) is 0 Å². The third kappa shape index (κ3) is 3.83. The number of thiol groups is 1. The van der Waals surface area contributed by atoms with Crippen molar-refractivity contribution in [3.8, 4) is 0 Å². The second kappa shape index (κ2) is 4.83. The van der Waals surface area contributed by atoms with Crippen LogP contribution in [0, 0.1) is 0 Å². The number of hydrogen-bond donors (Lipinski definition) is 1. The van der Waals surface area contributed by atoms with E-state index >= 15 is 0 Å². The van der Waals surface area contributed by atoms with Crippen molar-refractivity contribution in [2.24, 2.45) is 0 Å². The van der Waals surface area contributed by atoms with E-state index in [0.29, 0.717) is 0 Å². The van der Waals surface area contributed by atoms with E-state index in [1.807, 2.05) is 25.2 Å². The Morgan fingerprint density at radius 1 is 1.33 bits per heavy atom. The number of rotatable bonds is 1. The van der Waals surface area contributed by atoms with Crippen LogP contribution in [0.3, 0.4) is 0 Å². The van der Waals surface area contributed by atoms with Crippen molar-refractivity contribution < 1.29 is 0 Å². The molecule has 0 nitrogen and oxygen atoms in total. The van der Waals surface area contributed by atoms with Gasteiger partial charge in [0, 0.05) is 0 Å². The molecule has 0 radical (unpaired) electrons. The summed E-state index contributed by atoms with van der Waals surface area (Å²) in [6.07, 6.45) is 5.74. The highest BCUT2D eigenvalue weighted by molar-refractivity contribution is 7.83. The molecule has 0 saturated heterocycles. The van der Waals surface area contributed by atoms with E-state index in [2.05, 4.69) is 12.6 Å². The van der Waals surface area contributed by atoms with E-state index in [-0.39, 0.29) is 0 Å². The van der Waals surface area contributed by atoms with Gasteiger partial charge in [0.15, 0.2) is 0 Å². The molecule has 0 rings (SSSR count). The van der Waals surface area contributed by atoms with Crippen LogP contribution in [0.4, 0.5) is 0 Å². The Morgan fingerprint density at radius 2 is 2.00 bits per heavy atom. The molecule has 1 heteroatoms. The van der Waals surface area contributed by atoms with Crippen LogP contribution in [-0.2, 0) is 0 Å². The highest BCUT2D eigenvalue weighted by Gasteiger charge is 1.49. The van der Waals surface area contributed by atoms with E-state index in [9.17, 15) is 0 Å². The van der Waals surface area contributed by atoms with Crippen molar-refractivity contribution in [2.45, 2.75) is 6.92 Å². The summed E-state index contributed by atoms with van der Waals surface area (Å²) in [6.45, 7) is 1.97. The summed E-state index contributed by atoms with van der Waals surface area (Å²) >= 11 is 3.82. The van der Waals surface area contributed by atoms with Crippen molar-refractivity contribution in [2.75, 3.05) is 0 Å². The van der Waals surface area contributed by atoms with Gasteiger partial charge in [0.1, 0.15) is 0 Å². The Kier molecular flexibility index (Phi) is 4.69. The molecule has 0 aromatic heterocycles. The summed E-state index contributed by atoms with van der Waals surface area (Å²) in [5.74, 6) is 0. The summed E-state index contributed by atoms with van der Waals surface area (Å²) in [5.41, 5.74) is 0. The van der Waals surface area contributed by atoms with Crippen LogP contribution in [0.2, 0.25) is 0 Å². The molecule has 34 valence electrons. The van der Waals surface area contributed by atoms with Crippen molar-refractivity contribution in [3.63, 3.8) is 0 Å². The molecule has 0 saturated carbocycles. The molecule has 0 aliphatic carbocycles. The van der Waals surface area contributed by atoms with E-state index in [4.69, 9.17) is 0 Å². The molecule has 0 bridgehead atoms. The zero-order chi connectivity index (χ0) is 4.83. The van der Waals surface area contributed by atoms with Gasteiger partial charge in [-0.2, -0.15) is 12.6 Å². The van der Waals surface area contributed by atoms with Crippen LogP contribution < -0.4 is 0 Å². The molecule has 0 atom stereocenters. The monoisotopic (exact) mass is 100 g/mol. The van der Waals surface area contributed by atoms with Crippen LogP contribution in [-0.4, -0.2) is 0 Å². The maximum atomic E-state index is 3.82. The van der Waals surface area contributed by atoms with Crippen LogP contribution in [0.5, 0.6) is 0 Å². The van der Waals surface area contributed by atoms with E-state index in [0.717, 1.165) is 0 Å². The van der Waals surface area contributed by atoms with E-state index in [1.54, 1.807) is 5.41 Å². The van der Waals surface area contributed by atoms with Gasteiger partial charge in [-0.05, 0) is 12.3 Å². The van der Waals surface area contributed by atoms with E-state index in [1.165, 1.54) is 0 Å². The molecule has 0 fully saturated rings. The summed E-state index contributed by atoms with van der Waals surface area (Å²) in [6, 6.07) is 0. The zero-order valence-corrected chi connectivity index (χ0v) is 4.65. The first-order chi connectivity index (χ1) is 2.91. The Hall–Kier alpha value is -0.170. The molecule has 0 spiro atoms. The minimum Gasteiger partial charge on any atom is -0.151 e. The quantitative estimate of drug-likeness (QED) is 0.378. The maximum absolute atomic E-state index is 3.82. The van der Waals surface area contributed by atoms with Gasteiger partial charge in [0.05, 0.1) is 0 Å². The van der Waals surface area contributed by atoms with Crippen molar-refractivity contribution in [3.05, 3.63) is 23.6 Å². The second-order valence-corrected chi connectivity index (χ2v) is 1.17. The molecule has 0 aromatic rings. The van der Waals surface area contributed by atoms with Gasteiger partial charge in [0.25, 0.3) is 0 Å². The van der Waals surface area contributed by atoms with Crippen molar-refractivity contribution in [1.29, 1.82) is 0 Å². The minimum absolute atomic E-state index is 1.69. The molecule has 0 aliphatic heterocycles. The number of allylic oxidation sites excluding steroid dienone is 3. The predicted octanol–water partition coefficient (Wildman–Crippen LogP) is 2.01. The lowest BCUT2D eigenvalue weighted by Gasteiger charge is -1.62. The lowest BCUT2D eigenvalue weighted by Crippen LogP contribution is -1.37. The van der Waals surface area contributed by atoms with Gasteiger partial charge in [-0.25, -0.2) is 0 Å². The van der Waals surface area contributed by atoms with Gasteiger partial charge in [0.2, 0.25) is 0 Å². The third-order valence-electron chi connectivity index (χ3n) is 0.390. The highest BCUT2D eigenvalue weighted by atomic mass is 32.1. The first kappa shape index (κ1) is 5.83. The van der Waals surface area contributed by atoms with Crippen LogP contribution in [0.15, 0.2) is 23.6 Å².